The molecule has 130 valence electrons. The largest absolute Gasteiger partial charge is 0.315 e. The van der Waals surface area contributed by atoms with Crippen LogP contribution in [0.3, 0.4) is 0 Å². The Bertz CT molecular complexity index is 823. The first-order chi connectivity index (χ1) is 12.0. The molecule has 2 atom stereocenters. The van der Waals surface area contributed by atoms with Crippen LogP contribution in [0.2, 0.25) is 0 Å². The third-order valence-corrected chi connectivity index (χ3v) is 7.21. The maximum absolute atomic E-state index is 13.5. The number of carbonyl (C=O) groups excluding carboxylic acids is 2. The number of rotatable bonds is 3. The second-order valence-electron chi connectivity index (χ2n) is 6.55. The van der Waals surface area contributed by atoms with Crippen molar-refractivity contribution in [3.63, 3.8) is 0 Å². The Labute approximate surface area is 155 Å². The molecule has 2 aliphatic heterocycles. The molecule has 1 aromatic carbocycles. The van der Waals surface area contributed by atoms with Crippen LogP contribution >= 0.6 is 23.1 Å². The summed E-state index contributed by atoms with van der Waals surface area (Å²) in [6.07, 6.45) is 1.33. The lowest BCUT2D eigenvalue weighted by Gasteiger charge is -2.32. The van der Waals surface area contributed by atoms with Gasteiger partial charge in [0, 0.05) is 17.6 Å². The van der Waals surface area contributed by atoms with Crippen molar-refractivity contribution in [1.29, 1.82) is 0 Å². The standard InChI is InChI=1S/C18H19N3O2S2/c1-12-10-24-17(19-12)20(13-6-4-3-5-7-13)16(23)14-11-25-18(2)9-8-15(22)21(14)18/h3-7,10,14H,8-9,11H2,1-2H3. The van der Waals surface area contributed by atoms with E-state index in [1.165, 1.54) is 11.3 Å². The average molecular weight is 374 g/mol. The topological polar surface area (TPSA) is 53.5 Å². The zero-order valence-corrected chi connectivity index (χ0v) is 15.8. The van der Waals surface area contributed by atoms with Gasteiger partial charge in [0.25, 0.3) is 5.91 Å². The summed E-state index contributed by atoms with van der Waals surface area (Å²) in [5.41, 5.74) is 1.67. The highest BCUT2D eigenvalue weighted by atomic mass is 32.2. The highest BCUT2D eigenvalue weighted by Gasteiger charge is 2.54. The van der Waals surface area contributed by atoms with E-state index < -0.39 is 6.04 Å². The molecule has 25 heavy (non-hydrogen) atoms. The molecule has 0 bridgehead atoms. The Kier molecular flexibility index (Phi) is 4.08. The molecule has 2 aliphatic rings. The fourth-order valence-corrected chi connectivity index (χ4v) is 5.76. The van der Waals surface area contributed by atoms with E-state index in [-0.39, 0.29) is 16.7 Å². The van der Waals surface area contributed by atoms with Crippen LogP contribution < -0.4 is 4.90 Å². The molecule has 2 unspecified atom stereocenters. The van der Waals surface area contributed by atoms with E-state index in [9.17, 15) is 9.59 Å². The first-order valence-corrected chi connectivity index (χ1v) is 10.1. The number of aromatic nitrogens is 1. The summed E-state index contributed by atoms with van der Waals surface area (Å²) in [4.78, 5) is 33.6. The van der Waals surface area contributed by atoms with Crippen molar-refractivity contribution in [1.82, 2.24) is 9.88 Å². The summed E-state index contributed by atoms with van der Waals surface area (Å²) >= 11 is 3.16. The Balaban J connectivity index is 1.73. The normalized spacial score (nSPS) is 25.3. The highest BCUT2D eigenvalue weighted by molar-refractivity contribution is 8.01. The van der Waals surface area contributed by atoms with E-state index in [0.29, 0.717) is 17.3 Å². The third-order valence-electron chi connectivity index (χ3n) is 4.76. The van der Waals surface area contributed by atoms with Crippen LogP contribution in [0.25, 0.3) is 0 Å². The summed E-state index contributed by atoms with van der Waals surface area (Å²) in [5, 5.41) is 2.59. The first kappa shape index (κ1) is 16.6. The van der Waals surface area contributed by atoms with E-state index >= 15 is 0 Å². The molecular formula is C18H19N3O2S2. The molecule has 5 nitrogen and oxygen atoms in total. The van der Waals surface area contributed by atoms with Gasteiger partial charge in [-0.05, 0) is 32.4 Å². The van der Waals surface area contributed by atoms with Gasteiger partial charge in [0.2, 0.25) is 5.91 Å². The fourth-order valence-electron chi connectivity index (χ4n) is 3.51. The van der Waals surface area contributed by atoms with Crippen LogP contribution in [-0.4, -0.2) is 38.4 Å². The fraction of sp³-hybridized carbons (Fsp3) is 0.389. The molecule has 2 fully saturated rings. The summed E-state index contributed by atoms with van der Waals surface area (Å²) in [7, 11) is 0. The quantitative estimate of drug-likeness (QED) is 0.825. The Hall–Kier alpha value is -1.86. The van der Waals surface area contributed by atoms with Crippen molar-refractivity contribution < 1.29 is 9.59 Å². The van der Waals surface area contributed by atoms with Gasteiger partial charge in [0.05, 0.1) is 16.3 Å². The third kappa shape index (κ3) is 2.75. The van der Waals surface area contributed by atoms with Gasteiger partial charge < -0.3 is 4.90 Å². The number of benzene rings is 1. The van der Waals surface area contributed by atoms with E-state index in [1.54, 1.807) is 21.6 Å². The molecular weight excluding hydrogens is 354 g/mol. The minimum absolute atomic E-state index is 0.0768. The molecule has 0 N–H and O–H groups in total. The van der Waals surface area contributed by atoms with Crippen LogP contribution in [0.4, 0.5) is 10.8 Å². The molecule has 0 saturated carbocycles. The maximum atomic E-state index is 13.5. The first-order valence-electron chi connectivity index (χ1n) is 8.27. The lowest BCUT2D eigenvalue weighted by atomic mass is 10.2. The van der Waals surface area contributed by atoms with E-state index in [0.717, 1.165) is 17.8 Å². The number of thioether (sulfide) groups is 1. The zero-order chi connectivity index (χ0) is 17.6. The van der Waals surface area contributed by atoms with Crippen molar-refractivity contribution in [3.05, 3.63) is 41.4 Å². The predicted molar refractivity (Wildman–Crippen MR) is 101 cm³/mol. The molecule has 3 heterocycles. The van der Waals surface area contributed by atoms with Crippen LogP contribution in [0, 0.1) is 6.92 Å². The number of hydrogen-bond donors (Lipinski definition) is 0. The van der Waals surface area contributed by atoms with E-state index in [2.05, 4.69) is 11.9 Å². The van der Waals surface area contributed by atoms with Gasteiger partial charge in [-0.1, -0.05) is 18.2 Å². The molecule has 0 spiro atoms. The molecule has 1 aromatic heterocycles. The van der Waals surface area contributed by atoms with E-state index in [1.807, 2.05) is 42.6 Å². The Morgan fingerprint density at radius 1 is 1.36 bits per heavy atom. The van der Waals surface area contributed by atoms with E-state index in [4.69, 9.17) is 0 Å². The molecule has 7 heteroatoms. The van der Waals surface area contributed by atoms with Gasteiger partial charge >= 0.3 is 0 Å². The highest BCUT2D eigenvalue weighted by Crippen LogP contribution is 2.48. The number of hydrogen-bond acceptors (Lipinski definition) is 5. The van der Waals surface area contributed by atoms with Crippen molar-refractivity contribution in [2.75, 3.05) is 10.7 Å². The van der Waals surface area contributed by atoms with Crippen LogP contribution in [0.15, 0.2) is 35.7 Å². The molecule has 2 aromatic rings. The smallest absolute Gasteiger partial charge is 0.257 e. The summed E-state index contributed by atoms with van der Waals surface area (Å²) in [6.45, 7) is 3.98. The minimum atomic E-state index is -0.436. The zero-order valence-electron chi connectivity index (χ0n) is 14.1. The number of anilines is 2. The van der Waals surface area contributed by atoms with Gasteiger partial charge in [-0.3, -0.25) is 14.5 Å². The van der Waals surface area contributed by atoms with Crippen molar-refractivity contribution in [3.8, 4) is 0 Å². The summed E-state index contributed by atoms with van der Waals surface area (Å²) < 4.78 is 0. The molecule has 0 aliphatic carbocycles. The predicted octanol–water partition coefficient (Wildman–Crippen LogP) is 3.57. The maximum Gasteiger partial charge on any atom is 0.257 e. The van der Waals surface area contributed by atoms with Crippen LogP contribution in [-0.2, 0) is 9.59 Å². The SMILES string of the molecule is Cc1csc(N(C(=O)C2CSC3(C)CCC(=O)N23)c2ccccc2)n1. The number of para-hydroxylation sites is 1. The minimum Gasteiger partial charge on any atom is -0.315 e. The lowest BCUT2D eigenvalue weighted by Crippen LogP contribution is -2.50. The van der Waals surface area contributed by atoms with Crippen LogP contribution in [0.1, 0.15) is 25.5 Å². The second kappa shape index (κ2) is 6.14. The number of fused-ring (bicyclic) bond motifs is 1. The van der Waals surface area contributed by atoms with Gasteiger partial charge in [0.1, 0.15) is 6.04 Å². The number of thiazole rings is 1. The molecule has 2 amide bonds. The van der Waals surface area contributed by atoms with Crippen molar-refractivity contribution in [2.24, 2.45) is 0 Å². The second-order valence-corrected chi connectivity index (χ2v) is 8.88. The number of amides is 2. The van der Waals surface area contributed by atoms with Crippen molar-refractivity contribution >= 4 is 45.7 Å². The average Bonchev–Trinajstić information content (AvgIpc) is 3.25. The monoisotopic (exact) mass is 373 g/mol. The Morgan fingerprint density at radius 2 is 2.12 bits per heavy atom. The summed E-state index contributed by atoms with van der Waals surface area (Å²) in [6, 6.07) is 9.11. The molecule has 2 saturated heterocycles. The summed E-state index contributed by atoms with van der Waals surface area (Å²) in [5.74, 6) is 0.635. The molecule has 0 radical (unpaired) electrons. The van der Waals surface area contributed by atoms with Crippen molar-refractivity contribution in [2.45, 2.75) is 37.6 Å². The van der Waals surface area contributed by atoms with Gasteiger partial charge in [-0.2, -0.15) is 0 Å². The molecule has 4 rings (SSSR count). The van der Waals surface area contributed by atoms with Crippen LogP contribution in [0.5, 0.6) is 0 Å². The number of aryl methyl sites for hydroxylation is 1. The number of nitrogens with zero attached hydrogens (tertiary/aromatic N) is 3. The lowest BCUT2D eigenvalue weighted by molar-refractivity contribution is -0.136. The van der Waals surface area contributed by atoms with Gasteiger partial charge in [-0.25, -0.2) is 4.98 Å². The Morgan fingerprint density at radius 3 is 2.80 bits per heavy atom. The van der Waals surface area contributed by atoms with Gasteiger partial charge in [-0.15, -0.1) is 23.1 Å². The number of carbonyl (C=O) groups is 2. The van der Waals surface area contributed by atoms with Gasteiger partial charge in [0.15, 0.2) is 5.13 Å².